The topological polar surface area (TPSA) is 26.3 Å². The summed E-state index contributed by atoms with van der Waals surface area (Å²) in [4.78, 5) is 11.7. The first-order valence-corrected chi connectivity index (χ1v) is 6.69. The molecule has 1 heterocycles. The standard InChI is InChI=1S/C10H16O2S2/c1-3-4-6-10(9(11)12-2)13-7-5-8-14-10/h3H,1,4-8H2,2H3. The molecular weight excluding hydrogens is 216 g/mol. The first kappa shape index (κ1) is 12.0. The molecule has 1 aliphatic heterocycles. The lowest BCUT2D eigenvalue weighted by Crippen LogP contribution is -2.35. The van der Waals surface area contributed by atoms with E-state index in [0.717, 1.165) is 24.3 Å². The molecule has 0 aliphatic carbocycles. The lowest BCUT2D eigenvalue weighted by molar-refractivity contribution is -0.141. The highest BCUT2D eigenvalue weighted by atomic mass is 32.2. The van der Waals surface area contributed by atoms with Crippen molar-refractivity contribution in [1.29, 1.82) is 0 Å². The Morgan fingerprint density at radius 2 is 2.21 bits per heavy atom. The van der Waals surface area contributed by atoms with E-state index in [1.54, 1.807) is 23.5 Å². The van der Waals surface area contributed by atoms with Gasteiger partial charge in [0, 0.05) is 0 Å². The van der Waals surface area contributed by atoms with Crippen molar-refractivity contribution in [2.75, 3.05) is 18.6 Å². The zero-order chi connectivity index (χ0) is 10.4. The summed E-state index contributed by atoms with van der Waals surface area (Å²) in [5, 5.41) is 0. The van der Waals surface area contributed by atoms with Crippen LogP contribution in [-0.2, 0) is 9.53 Å². The molecule has 0 N–H and O–H groups in total. The van der Waals surface area contributed by atoms with E-state index in [4.69, 9.17) is 4.74 Å². The van der Waals surface area contributed by atoms with Crippen LogP contribution in [0.15, 0.2) is 12.7 Å². The number of thioether (sulfide) groups is 2. The smallest absolute Gasteiger partial charge is 0.332 e. The molecule has 0 radical (unpaired) electrons. The Labute approximate surface area is 93.8 Å². The molecule has 0 atom stereocenters. The fourth-order valence-electron chi connectivity index (χ4n) is 1.39. The van der Waals surface area contributed by atoms with Gasteiger partial charge in [-0.15, -0.1) is 30.1 Å². The van der Waals surface area contributed by atoms with Crippen LogP contribution in [0.4, 0.5) is 0 Å². The Morgan fingerprint density at radius 3 is 2.71 bits per heavy atom. The molecule has 1 rings (SSSR count). The van der Waals surface area contributed by atoms with Crippen LogP contribution in [-0.4, -0.2) is 28.7 Å². The molecule has 0 spiro atoms. The summed E-state index contributed by atoms with van der Waals surface area (Å²) in [6, 6.07) is 0. The largest absolute Gasteiger partial charge is 0.467 e. The van der Waals surface area contributed by atoms with E-state index in [-0.39, 0.29) is 10.0 Å². The minimum Gasteiger partial charge on any atom is -0.467 e. The third-order valence-corrected chi connectivity index (χ3v) is 5.50. The van der Waals surface area contributed by atoms with E-state index in [9.17, 15) is 4.79 Å². The number of carbonyl (C=O) groups is 1. The molecule has 0 bridgehead atoms. The number of esters is 1. The van der Waals surface area contributed by atoms with E-state index < -0.39 is 0 Å². The van der Waals surface area contributed by atoms with Crippen LogP contribution in [0, 0.1) is 0 Å². The van der Waals surface area contributed by atoms with E-state index in [1.165, 1.54) is 13.5 Å². The van der Waals surface area contributed by atoms with Crippen LogP contribution in [0.25, 0.3) is 0 Å². The van der Waals surface area contributed by atoms with Gasteiger partial charge in [-0.2, -0.15) is 0 Å². The maximum Gasteiger partial charge on any atom is 0.332 e. The second kappa shape index (κ2) is 5.71. The Bertz CT molecular complexity index is 210. The Morgan fingerprint density at radius 1 is 1.57 bits per heavy atom. The molecule has 1 saturated heterocycles. The van der Waals surface area contributed by atoms with Crippen LogP contribution < -0.4 is 0 Å². The average molecular weight is 232 g/mol. The molecule has 0 amide bonds. The summed E-state index contributed by atoms with van der Waals surface area (Å²) in [7, 11) is 1.47. The highest BCUT2D eigenvalue weighted by molar-refractivity contribution is 8.19. The molecule has 80 valence electrons. The zero-order valence-electron chi connectivity index (χ0n) is 8.45. The summed E-state index contributed by atoms with van der Waals surface area (Å²) < 4.78 is 4.52. The van der Waals surface area contributed by atoms with Gasteiger partial charge in [0.05, 0.1) is 7.11 Å². The van der Waals surface area contributed by atoms with Gasteiger partial charge in [-0.05, 0) is 30.8 Å². The van der Waals surface area contributed by atoms with E-state index in [1.807, 2.05) is 6.08 Å². The van der Waals surface area contributed by atoms with Crippen LogP contribution in [0.2, 0.25) is 0 Å². The van der Waals surface area contributed by atoms with Crippen LogP contribution in [0.5, 0.6) is 0 Å². The molecule has 0 saturated carbocycles. The summed E-state index contributed by atoms with van der Waals surface area (Å²) in [6.07, 6.45) is 4.75. The Kier molecular flexibility index (Phi) is 4.89. The summed E-state index contributed by atoms with van der Waals surface area (Å²) in [5.74, 6) is 2.02. The van der Waals surface area contributed by atoms with Gasteiger partial charge in [-0.3, -0.25) is 0 Å². The molecule has 1 fully saturated rings. The van der Waals surface area contributed by atoms with Gasteiger partial charge in [0.15, 0.2) is 4.08 Å². The number of hydrogen-bond acceptors (Lipinski definition) is 4. The van der Waals surface area contributed by atoms with Gasteiger partial charge in [-0.1, -0.05) is 6.08 Å². The molecule has 0 unspecified atom stereocenters. The second-order valence-electron chi connectivity index (χ2n) is 3.12. The Balaban J connectivity index is 2.66. The van der Waals surface area contributed by atoms with Gasteiger partial charge in [-0.25, -0.2) is 4.79 Å². The van der Waals surface area contributed by atoms with Crippen molar-refractivity contribution in [3.63, 3.8) is 0 Å². The number of allylic oxidation sites excluding steroid dienone is 1. The number of ether oxygens (including phenoxy) is 1. The first-order chi connectivity index (χ1) is 6.75. The monoisotopic (exact) mass is 232 g/mol. The third-order valence-electron chi connectivity index (χ3n) is 2.13. The molecule has 2 nitrogen and oxygen atoms in total. The predicted octanol–water partition coefficient (Wildman–Crippen LogP) is 2.69. The van der Waals surface area contributed by atoms with Gasteiger partial charge >= 0.3 is 5.97 Å². The maximum absolute atomic E-state index is 11.7. The number of rotatable bonds is 4. The van der Waals surface area contributed by atoms with Crippen LogP contribution in [0.3, 0.4) is 0 Å². The lowest BCUT2D eigenvalue weighted by atomic mass is 10.2. The zero-order valence-corrected chi connectivity index (χ0v) is 10.1. The second-order valence-corrected chi connectivity index (χ2v) is 6.17. The molecule has 1 aliphatic rings. The Hall–Kier alpha value is -0.0900. The minimum absolute atomic E-state index is 0.0888. The van der Waals surface area contributed by atoms with Crippen molar-refractivity contribution in [3.05, 3.63) is 12.7 Å². The fraction of sp³-hybridized carbons (Fsp3) is 0.700. The van der Waals surface area contributed by atoms with Crippen molar-refractivity contribution in [3.8, 4) is 0 Å². The van der Waals surface area contributed by atoms with Crippen molar-refractivity contribution < 1.29 is 9.53 Å². The van der Waals surface area contributed by atoms with E-state index >= 15 is 0 Å². The van der Waals surface area contributed by atoms with Crippen LogP contribution >= 0.6 is 23.5 Å². The fourth-order valence-corrected chi connectivity index (χ4v) is 4.57. The van der Waals surface area contributed by atoms with Crippen LogP contribution in [0.1, 0.15) is 19.3 Å². The molecule has 4 heteroatoms. The average Bonchev–Trinajstić information content (AvgIpc) is 2.26. The van der Waals surface area contributed by atoms with Crippen molar-refractivity contribution in [1.82, 2.24) is 0 Å². The van der Waals surface area contributed by atoms with Gasteiger partial charge in [0.2, 0.25) is 0 Å². The predicted molar refractivity (Wildman–Crippen MR) is 63.7 cm³/mol. The summed E-state index contributed by atoms with van der Waals surface area (Å²) in [6.45, 7) is 3.69. The van der Waals surface area contributed by atoms with Gasteiger partial charge in [0.1, 0.15) is 0 Å². The number of methoxy groups -OCH3 is 1. The SMILES string of the molecule is C=CCCC1(C(=O)OC)SCCCS1. The minimum atomic E-state index is -0.360. The third kappa shape index (κ3) is 2.70. The quantitative estimate of drug-likeness (QED) is 0.550. The highest BCUT2D eigenvalue weighted by Gasteiger charge is 2.41. The number of carbonyl (C=O) groups excluding carboxylic acids is 1. The van der Waals surface area contributed by atoms with Gasteiger partial charge in [0.25, 0.3) is 0 Å². The van der Waals surface area contributed by atoms with Crippen molar-refractivity contribution in [2.45, 2.75) is 23.3 Å². The molecular formula is C10H16O2S2. The summed E-state index contributed by atoms with van der Waals surface area (Å²) in [5.41, 5.74) is 0. The molecule has 0 aromatic heterocycles. The summed E-state index contributed by atoms with van der Waals surface area (Å²) >= 11 is 3.45. The molecule has 14 heavy (non-hydrogen) atoms. The molecule has 0 aromatic rings. The first-order valence-electron chi connectivity index (χ1n) is 4.72. The van der Waals surface area contributed by atoms with Crippen molar-refractivity contribution >= 4 is 29.5 Å². The highest BCUT2D eigenvalue weighted by Crippen LogP contribution is 2.46. The maximum atomic E-state index is 11.7. The normalized spacial score (nSPS) is 20.1. The lowest BCUT2D eigenvalue weighted by Gasteiger charge is -2.32. The van der Waals surface area contributed by atoms with Crippen molar-refractivity contribution in [2.24, 2.45) is 0 Å². The van der Waals surface area contributed by atoms with E-state index in [0.29, 0.717) is 0 Å². The van der Waals surface area contributed by atoms with E-state index in [2.05, 4.69) is 6.58 Å². The molecule has 0 aromatic carbocycles. The number of hydrogen-bond donors (Lipinski definition) is 0. The van der Waals surface area contributed by atoms with Gasteiger partial charge < -0.3 is 4.74 Å².